The molecule has 0 bridgehead atoms. The average molecular weight is 227 g/mol. The molecule has 88 valence electrons. The number of aliphatic hydroxyl groups excluding tert-OH is 1. The normalized spacial score (nSPS) is 10.1. The van der Waals surface area contributed by atoms with Crippen LogP contribution in [-0.2, 0) is 11.3 Å². The third-order valence-electron chi connectivity index (χ3n) is 1.87. The van der Waals surface area contributed by atoms with Crippen LogP contribution in [0.1, 0.15) is 6.42 Å². The van der Waals surface area contributed by atoms with E-state index in [-0.39, 0.29) is 19.1 Å². The van der Waals surface area contributed by atoms with Crippen molar-refractivity contribution in [1.82, 2.24) is 14.9 Å². The third kappa shape index (κ3) is 3.70. The van der Waals surface area contributed by atoms with E-state index in [2.05, 4.69) is 5.32 Å². The Kier molecular flexibility index (Phi) is 4.46. The fraction of sp³-hybridized carbons (Fsp3) is 0.444. The van der Waals surface area contributed by atoms with Crippen molar-refractivity contribution in [3.8, 4) is 0 Å². The first-order valence-corrected chi connectivity index (χ1v) is 4.81. The third-order valence-corrected chi connectivity index (χ3v) is 1.87. The number of H-pyrrole nitrogens is 1. The van der Waals surface area contributed by atoms with Crippen molar-refractivity contribution >= 4 is 5.91 Å². The van der Waals surface area contributed by atoms with Crippen LogP contribution in [0.2, 0.25) is 0 Å². The number of hydrogen-bond acceptors (Lipinski definition) is 4. The number of rotatable bonds is 5. The largest absolute Gasteiger partial charge is 0.396 e. The zero-order valence-corrected chi connectivity index (χ0v) is 8.60. The highest BCUT2D eigenvalue weighted by atomic mass is 16.3. The van der Waals surface area contributed by atoms with Crippen LogP contribution in [0, 0.1) is 0 Å². The molecule has 3 N–H and O–H groups in total. The lowest BCUT2D eigenvalue weighted by molar-refractivity contribution is -0.121. The lowest BCUT2D eigenvalue weighted by atomic mass is 10.4. The number of nitrogens with zero attached hydrogens (tertiary/aromatic N) is 1. The molecular formula is C9H13N3O4. The maximum absolute atomic E-state index is 11.3. The zero-order chi connectivity index (χ0) is 12.0. The van der Waals surface area contributed by atoms with Crippen molar-refractivity contribution in [2.24, 2.45) is 0 Å². The molecule has 0 atom stereocenters. The summed E-state index contributed by atoms with van der Waals surface area (Å²) in [7, 11) is 0. The molecule has 0 aliphatic carbocycles. The monoisotopic (exact) mass is 227 g/mol. The van der Waals surface area contributed by atoms with Gasteiger partial charge in [0.05, 0.1) is 0 Å². The molecule has 0 fully saturated rings. The van der Waals surface area contributed by atoms with Gasteiger partial charge in [-0.25, -0.2) is 4.79 Å². The maximum atomic E-state index is 11.3. The molecule has 7 heteroatoms. The van der Waals surface area contributed by atoms with Crippen LogP contribution in [0.5, 0.6) is 0 Å². The van der Waals surface area contributed by atoms with Gasteiger partial charge in [-0.3, -0.25) is 19.1 Å². The molecule has 1 aromatic heterocycles. The number of hydrogen-bond donors (Lipinski definition) is 3. The summed E-state index contributed by atoms with van der Waals surface area (Å²) in [4.78, 5) is 35.3. The summed E-state index contributed by atoms with van der Waals surface area (Å²) in [6.45, 7) is 0.202. The highest BCUT2D eigenvalue weighted by molar-refractivity contribution is 5.75. The molecule has 0 unspecified atom stereocenters. The molecule has 0 radical (unpaired) electrons. The highest BCUT2D eigenvalue weighted by Gasteiger charge is 2.03. The van der Waals surface area contributed by atoms with E-state index in [0.29, 0.717) is 13.0 Å². The van der Waals surface area contributed by atoms with Gasteiger partial charge in [0.15, 0.2) is 0 Å². The smallest absolute Gasteiger partial charge is 0.328 e. The fourth-order valence-corrected chi connectivity index (χ4v) is 1.09. The van der Waals surface area contributed by atoms with Crippen LogP contribution >= 0.6 is 0 Å². The van der Waals surface area contributed by atoms with Gasteiger partial charge in [-0.05, 0) is 6.42 Å². The summed E-state index contributed by atoms with van der Waals surface area (Å²) in [5.41, 5.74) is -1.12. The van der Waals surface area contributed by atoms with Crippen molar-refractivity contribution in [3.05, 3.63) is 33.1 Å². The molecule has 0 spiro atoms. The predicted octanol–water partition coefficient (Wildman–Crippen LogP) is -1.96. The summed E-state index contributed by atoms with van der Waals surface area (Å²) in [6, 6.07) is 1.17. The van der Waals surface area contributed by atoms with Gasteiger partial charge < -0.3 is 10.4 Å². The van der Waals surface area contributed by atoms with E-state index < -0.39 is 11.2 Å². The van der Waals surface area contributed by atoms with E-state index in [1.165, 1.54) is 12.3 Å². The number of aromatic amines is 1. The number of aliphatic hydroxyl groups is 1. The quantitative estimate of drug-likeness (QED) is 0.508. The average Bonchev–Trinajstić information content (AvgIpc) is 2.23. The summed E-state index contributed by atoms with van der Waals surface area (Å²) >= 11 is 0. The first-order valence-electron chi connectivity index (χ1n) is 4.81. The minimum atomic E-state index is -0.621. The Labute approximate surface area is 90.7 Å². The molecule has 7 nitrogen and oxygen atoms in total. The molecule has 0 aliphatic rings. The van der Waals surface area contributed by atoms with E-state index in [1.54, 1.807) is 0 Å². The summed E-state index contributed by atoms with van der Waals surface area (Å²) in [6.07, 6.45) is 1.72. The van der Waals surface area contributed by atoms with Crippen LogP contribution in [-0.4, -0.2) is 33.7 Å². The van der Waals surface area contributed by atoms with Crippen LogP contribution in [0.15, 0.2) is 21.9 Å². The molecular weight excluding hydrogens is 214 g/mol. The van der Waals surface area contributed by atoms with Crippen molar-refractivity contribution < 1.29 is 9.90 Å². The van der Waals surface area contributed by atoms with Crippen molar-refractivity contribution in [2.75, 3.05) is 13.2 Å². The van der Waals surface area contributed by atoms with Crippen LogP contribution in [0.3, 0.4) is 0 Å². The second kappa shape index (κ2) is 5.86. The number of aromatic nitrogens is 2. The van der Waals surface area contributed by atoms with Gasteiger partial charge in [-0.15, -0.1) is 0 Å². The SMILES string of the molecule is O=C(Cn1ccc(=O)[nH]c1=O)NCCCO. The second-order valence-corrected chi connectivity index (χ2v) is 3.17. The summed E-state index contributed by atoms with van der Waals surface area (Å²) < 4.78 is 1.09. The van der Waals surface area contributed by atoms with Crippen LogP contribution < -0.4 is 16.6 Å². The summed E-state index contributed by atoms with van der Waals surface area (Å²) in [5, 5.41) is 11.0. The Morgan fingerprint density at radius 2 is 2.25 bits per heavy atom. The van der Waals surface area contributed by atoms with Crippen molar-refractivity contribution in [3.63, 3.8) is 0 Å². The van der Waals surface area contributed by atoms with E-state index in [9.17, 15) is 14.4 Å². The molecule has 1 amide bonds. The Morgan fingerprint density at radius 1 is 1.50 bits per heavy atom. The molecule has 1 rings (SSSR count). The molecule has 16 heavy (non-hydrogen) atoms. The van der Waals surface area contributed by atoms with Gasteiger partial charge in [0.1, 0.15) is 6.54 Å². The molecule has 0 saturated heterocycles. The number of nitrogens with one attached hydrogen (secondary N) is 2. The predicted molar refractivity (Wildman–Crippen MR) is 56.0 cm³/mol. The van der Waals surface area contributed by atoms with E-state index in [0.717, 1.165) is 4.57 Å². The lowest BCUT2D eigenvalue weighted by Gasteiger charge is -2.05. The standard InChI is InChI=1S/C9H13N3O4/c13-5-1-3-10-8(15)6-12-4-2-7(14)11-9(12)16/h2,4,13H,1,3,5-6H2,(H,10,15)(H,11,14,16). The minimum absolute atomic E-state index is 0.00111. The number of amides is 1. The molecule has 1 aromatic rings. The Morgan fingerprint density at radius 3 is 2.88 bits per heavy atom. The van der Waals surface area contributed by atoms with Gasteiger partial charge in [-0.1, -0.05) is 0 Å². The number of carbonyl (C=O) groups excluding carboxylic acids is 1. The highest BCUT2D eigenvalue weighted by Crippen LogP contribution is 1.79. The zero-order valence-electron chi connectivity index (χ0n) is 8.60. The molecule has 0 aliphatic heterocycles. The van der Waals surface area contributed by atoms with Gasteiger partial charge in [0.2, 0.25) is 5.91 Å². The van der Waals surface area contributed by atoms with Crippen LogP contribution in [0.4, 0.5) is 0 Å². The Bertz CT molecular complexity index is 462. The second-order valence-electron chi connectivity index (χ2n) is 3.17. The van der Waals surface area contributed by atoms with Crippen molar-refractivity contribution in [2.45, 2.75) is 13.0 Å². The van der Waals surface area contributed by atoms with E-state index in [4.69, 9.17) is 5.11 Å². The number of carbonyl (C=O) groups is 1. The van der Waals surface area contributed by atoms with Gasteiger partial charge in [-0.2, -0.15) is 0 Å². The van der Waals surface area contributed by atoms with Crippen molar-refractivity contribution in [1.29, 1.82) is 0 Å². The first-order chi connectivity index (χ1) is 7.63. The molecule has 1 heterocycles. The minimum Gasteiger partial charge on any atom is -0.396 e. The van der Waals surface area contributed by atoms with Gasteiger partial charge in [0, 0.05) is 25.4 Å². The molecule has 0 aromatic carbocycles. The van der Waals surface area contributed by atoms with Gasteiger partial charge >= 0.3 is 5.69 Å². The van der Waals surface area contributed by atoms with E-state index >= 15 is 0 Å². The first kappa shape index (κ1) is 12.2. The lowest BCUT2D eigenvalue weighted by Crippen LogP contribution is -2.35. The maximum Gasteiger partial charge on any atom is 0.328 e. The fourth-order valence-electron chi connectivity index (χ4n) is 1.09. The Balaban J connectivity index is 2.56. The Hall–Kier alpha value is -1.89. The van der Waals surface area contributed by atoms with Gasteiger partial charge in [0.25, 0.3) is 5.56 Å². The van der Waals surface area contributed by atoms with Crippen LogP contribution in [0.25, 0.3) is 0 Å². The summed E-state index contributed by atoms with van der Waals surface area (Å²) in [5.74, 6) is -0.345. The topological polar surface area (TPSA) is 104 Å². The van der Waals surface area contributed by atoms with E-state index in [1.807, 2.05) is 4.98 Å². The molecule has 0 saturated carbocycles.